The van der Waals surface area contributed by atoms with Gasteiger partial charge in [-0.05, 0) is 44.9 Å². The molecular weight excluding hydrogens is 346 g/mol. The summed E-state index contributed by atoms with van der Waals surface area (Å²) < 4.78 is 0. The topological polar surface area (TPSA) is 71.1 Å². The van der Waals surface area contributed by atoms with Gasteiger partial charge in [0.25, 0.3) is 0 Å². The van der Waals surface area contributed by atoms with Gasteiger partial charge in [0.15, 0.2) is 0 Å². The Balaban J connectivity index is 1.90. The second-order valence-corrected chi connectivity index (χ2v) is 9.48. The van der Waals surface area contributed by atoms with Gasteiger partial charge in [-0.25, -0.2) is 0 Å². The van der Waals surface area contributed by atoms with E-state index in [-0.39, 0.29) is 23.2 Å². The van der Waals surface area contributed by atoms with E-state index in [0.717, 1.165) is 24.4 Å². The van der Waals surface area contributed by atoms with E-state index >= 15 is 0 Å². The van der Waals surface area contributed by atoms with E-state index in [1.165, 1.54) is 5.70 Å². The van der Waals surface area contributed by atoms with Gasteiger partial charge >= 0.3 is 0 Å². The molecule has 1 aromatic heterocycles. The molecule has 1 fully saturated rings. The molecule has 0 unspecified atom stereocenters. The molecule has 7 heteroatoms. The Morgan fingerprint density at radius 2 is 2.19 bits per heavy atom. The molecular formula is C19H31N5OS. The summed E-state index contributed by atoms with van der Waals surface area (Å²) in [7, 11) is 0. The lowest BCUT2D eigenvalue weighted by Gasteiger charge is -2.36. The molecule has 6 nitrogen and oxygen atoms in total. The zero-order valence-electron chi connectivity index (χ0n) is 16.4. The zero-order chi connectivity index (χ0) is 18.8. The van der Waals surface area contributed by atoms with Crippen molar-refractivity contribution < 1.29 is 4.84 Å². The number of hydrogen-bond acceptors (Lipinski definition) is 7. The van der Waals surface area contributed by atoms with Crippen molar-refractivity contribution in [2.75, 3.05) is 5.88 Å². The largest absolute Gasteiger partial charge is 0.377 e. The van der Waals surface area contributed by atoms with Crippen molar-refractivity contribution in [2.24, 2.45) is 5.92 Å². The van der Waals surface area contributed by atoms with Crippen molar-refractivity contribution in [3.8, 4) is 0 Å². The van der Waals surface area contributed by atoms with Crippen LogP contribution in [-0.2, 0) is 4.84 Å². The number of nitrogens with one attached hydrogen (secondary N) is 3. The summed E-state index contributed by atoms with van der Waals surface area (Å²) in [5.74, 6) is 1.68. The van der Waals surface area contributed by atoms with E-state index in [1.54, 1.807) is 24.2 Å². The zero-order valence-corrected chi connectivity index (χ0v) is 17.2. The average molecular weight is 378 g/mol. The van der Waals surface area contributed by atoms with Gasteiger partial charge in [-0.15, -0.1) is 11.8 Å². The third kappa shape index (κ3) is 4.76. The lowest BCUT2D eigenvalue weighted by atomic mass is 9.89. The molecule has 0 aromatic carbocycles. The molecule has 0 saturated carbocycles. The minimum absolute atomic E-state index is 0.163. The lowest BCUT2D eigenvalue weighted by Crippen LogP contribution is -2.57. The first kappa shape index (κ1) is 19.6. The number of rotatable bonds is 6. The standard InChI is InChI=1S/C19H31N5OS/c1-13(2)8-19(24-25-18(3,4)5)9-14(15-10-20-6-7-21-15)17(23-19)16-11-26-12-22-16/h6-7,10-11,13-14,17,22-24H,8-9,12H2,1-5H3/t14-,17-,19-/m1/s1. The molecule has 2 aliphatic heterocycles. The number of hydroxylamine groups is 1. The summed E-state index contributed by atoms with van der Waals surface area (Å²) in [4.78, 5) is 14.9. The Labute approximate surface area is 160 Å². The molecule has 0 radical (unpaired) electrons. The van der Waals surface area contributed by atoms with Crippen LogP contribution in [0, 0.1) is 5.92 Å². The third-order valence-electron chi connectivity index (χ3n) is 4.58. The van der Waals surface area contributed by atoms with E-state index in [9.17, 15) is 0 Å². The monoisotopic (exact) mass is 377 g/mol. The molecule has 144 valence electrons. The number of thioether (sulfide) groups is 1. The van der Waals surface area contributed by atoms with E-state index in [0.29, 0.717) is 5.92 Å². The Hall–Kier alpha value is -1.15. The lowest BCUT2D eigenvalue weighted by molar-refractivity contribution is -0.122. The first-order chi connectivity index (χ1) is 12.3. The predicted molar refractivity (Wildman–Crippen MR) is 106 cm³/mol. The normalized spacial score (nSPS) is 29.1. The van der Waals surface area contributed by atoms with Gasteiger partial charge < -0.3 is 5.32 Å². The van der Waals surface area contributed by atoms with Crippen LogP contribution >= 0.6 is 11.8 Å². The highest BCUT2D eigenvalue weighted by Gasteiger charge is 2.48. The van der Waals surface area contributed by atoms with Crippen LogP contribution in [0.4, 0.5) is 0 Å². The Morgan fingerprint density at radius 3 is 2.77 bits per heavy atom. The third-order valence-corrected chi connectivity index (χ3v) is 5.31. The SMILES string of the molecule is CC(C)C[C@@]1(NOC(C)(C)C)C[C@H](c2cnccn2)[C@H](C2=CSCN2)N1. The maximum Gasteiger partial charge on any atom is 0.0937 e. The van der Waals surface area contributed by atoms with Crippen LogP contribution in [0.3, 0.4) is 0 Å². The van der Waals surface area contributed by atoms with Gasteiger partial charge in [0.1, 0.15) is 0 Å². The van der Waals surface area contributed by atoms with Crippen LogP contribution in [0.5, 0.6) is 0 Å². The smallest absolute Gasteiger partial charge is 0.0937 e. The van der Waals surface area contributed by atoms with Gasteiger partial charge in [0, 0.05) is 30.2 Å². The maximum atomic E-state index is 6.02. The fraction of sp³-hybridized carbons (Fsp3) is 0.684. The highest BCUT2D eigenvalue weighted by atomic mass is 32.2. The Kier molecular flexibility index (Phi) is 5.91. The van der Waals surface area contributed by atoms with Gasteiger partial charge in [-0.1, -0.05) is 13.8 Å². The van der Waals surface area contributed by atoms with Crippen LogP contribution in [-0.4, -0.2) is 33.2 Å². The summed E-state index contributed by atoms with van der Waals surface area (Å²) in [6.45, 7) is 10.7. The molecule has 0 amide bonds. The van der Waals surface area contributed by atoms with Crippen molar-refractivity contribution in [1.82, 2.24) is 26.1 Å². The first-order valence-corrected chi connectivity index (χ1v) is 10.4. The van der Waals surface area contributed by atoms with Crippen molar-refractivity contribution in [1.29, 1.82) is 0 Å². The van der Waals surface area contributed by atoms with Gasteiger partial charge in [0.2, 0.25) is 0 Å². The first-order valence-electron chi connectivity index (χ1n) is 9.32. The summed E-state index contributed by atoms with van der Waals surface area (Å²) in [5.41, 5.74) is 5.09. The minimum Gasteiger partial charge on any atom is -0.377 e. The predicted octanol–water partition coefficient (Wildman–Crippen LogP) is 3.12. The Bertz CT molecular complexity index is 631. The van der Waals surface area contributed by atoms with Crippen LogP contribution < -0.4 is 16.1 Å². The van der Waals surface area contributed by atoms with Crippen molar-refractivity contribution in [2.45, 2.75) is 70.7 Å². The summed E-state index contributed by atoms with van der Waals surface area (Å²) >= 11 is 1.80. The molecule has 3 atom stereocenters. The van der Waals surface area contributed by atoms with E-state index in [4.69, 9.17) is 4.84 Å². The van der Waals surface area contributed by atoms with Crippen LogP contribution in [0.15, 0.2) is 29.7 Å². The Morgan fingerprint density at radius 1 is 1.38 bits per heavy atom. The molecule has 1 saturated heterocycles. The summed E-state index contributed by atoms with van der Waals surface area (Å²) in [6.07, 6.45) is 7.26. The molecule has 1 aromatic rings. The average Bonchev–Trinajstić information content (AvgIpc) is 3.21. The fourth-order valence-electron chi connectivity index (χ4n) is 3.71. The minimum atomic E-state index is -0.302. The number of nitrogens with zero attached hydrogens (tertiary/aromatic N) is 2. The number of aromatic nitrogens is 2. The van der Waals surface area contributed by atoms with Crippen molar-refractivity contribution >= 4 is 11.8 Å². The van der Waals surface area contributed by atoms with E-state index < -0.39 is 0 Å². The molecule has 0 spiro atoms. The molecule has 3 heterocycles. The van der Waals surface area contributed by atoms with Crippen LogP contribution in [0.2, 0.25) is 0 Å². The molecule has 0 bridgehead atoms. The van der Waals surface area contributed by atoms with Gasteiger partial charge in [-0.3, -0.25) is 20.1 Å². The quantitative estimate of drug-likeness (QED) is 0.658. The second-order valence-electron chi connectivity index (χ2n) is 8.62. The molecule has 2 aliphatic rings. The summed E-state index contributed by atoms with van der Waals surface area (Å²) in [5, 5.41) is 9.58. The van der Waals surface area contributed by atoms with Gasteiger partial charge in [0.05, 0.1) is 28.9 Å². The van der Waals surface area contributed by atoms with Crippen molar-refractivity contribution in [3.63, 3.8) is 0 Å². The molecule has 26 heavy (non-hydrogen) atoms. The highest BCUT2D eigenvalue weighted by Crippen LogP contribution is 2.41. The molecule has 0 aliphatic carbocycles. The highest BCUT2D eigenvalue weighted by molar-refractivity contribution is 8.02. The second kappa shape index (κ2) is 7.84. The van der Waals surface area contributed by atoms with E-state index in [2.05, 4.69) is 66.1 Å². The van der Waals surface area contributed by atoms with Crippen LogP contribution in [0.25, 0.3) is 0 Å². The fourth-order valence-corrected chi connectivity index (χ4v) is 4.45. The van der Waals surface area contributed by atoms with Crippen molar-refractivity contribution in [3.05, 3.63) is 35.4 Å². The number of hydrogen-bond donors (Lipinski definition) is 3. The molecule has 3 N–H and O–H groups in total. The van der Waals surface area contributed by atoms with Crippen LogP contribution in [0.1, 0.15) is 59.1 Å². The maximum absolute atomic E-state index is 6.02. The molecule has 3 rings (SSSR count). The van der Waals surface area contributed by atoms with E-state index in [1.807, 2.05) is 6.20 Å². The van der Waals surface area contributed by atoms with Gasteiger partial charge in [-0.2, -0.15) is 5.48 Å². The summed E-state index contributed by atoms with van der Waals surface area (Å²) in [6, 6.07) is 0.163.